The Kier molecular flexibility index (Phi) is 48.8. The molecule has 0 fully saturated rings. The second-order valence-electron chi connectivity index (χ2n) is 21.3. The van der Waals surface area contributed by atoms with E-state index >= 15 is 0 Å². The van der Waals surface area contributed by atoms with Crippen LogP contribution in [0.2, 0.25) is 0 Å². The Morgan fingerprint density at radius 1 is 0.326 bits per heavy atom. The van der Waals surface area contributed by atoms with E-state index in [1.165, 1.54) is 172 Å². The van der Waals surface area contributed by atoms with Crippen LogP contribution in [0.15, 0.2) is 121 Å². The zero-order valence-corrected chi connectivity index (χ0v) is 66.0. The van der Waals surface area contributed by atoms with Gasteiger partial charge < -0.3 is 16.0 Å². The van der Waals surface area contributed by atoms with E-state index in [-0.39, 0.29) is 31.0 Å². The van der Waals surface area contributed by atoms with E-state index in [0.29, 0.717) is 0 Å². The summed E-state index contributed by atoms with van der Waals surface area (Å²) in [4.78, 5) is 23.8. The van der Waals surface area contributed by atoms with Crippen molar-refractivity contribution < 1.29 is 40.6 Å². The molecule has 0 spiro atoms. The molecule has 0 bridgehead atoms. The van der Waals surface area contributed by atoms with Gasteiger partial charge in [0.25, 0.3) is 0 Å². The van der Waals surface area contributed by atoms with Crippen molar-refractivity contribution in [2.45, 2.75) is 228 Å². The number of aryl methyl sites for hydroxylation is 1. The van der Waals surface area contributed by atoms with E-state index < -0.39 is 0 Å². The Balaban J connectivity index is -0.000000372. The molecule has 8 aromatic carbocycles. The third-order valence-corrected chi connectivity index (χ3v) is 17.0. The van der Waals surface area contributed by atoms with Crippen LogP contribution < -0.4 is 39.4 Å². The van der Waals surface area contributed by atoms with Crippen molar-refractivity contribution in [1.82, 2.24) is 0 Å². The van der Waals surface area contributed by atoms with Gasteiger partial charge in [0, 0.05) is 30.8 Å². The first-order chi connectivity index (χ1) is 43.3. The van der Waals surface area contributed by atoms with E-state index in [1.807, 2.05) is 79.7 Å². The normalized spacial score (nSPS) is 9.11. The smallest absolute Gasteiger partial charge is 1.00 e. The Hall–Kier alpha value is -7.32. The maximum atomic E-state index is 10.0. The molecule has 0 aliphatic rings. The van der Waals surface area contributed by atoms with Crippen molar-refractivity contribution in [2.24, 2.45) is 0 Å². The average Bonchev–Trinajstić information content (AvgIpc) is 0.758. The summed E-state index contributed by atoms with van der Waals surface area (Å²) in [6.45, 7) is 67.7. The average molecular weight is 1250 g/mol. The summed E-state index contributed by atoms with van der Waals surface area (Å²) in [6.07, 6.45) is 2.72. The molecular weight excluding hydrogens is 1130 g/mol. The molecule has 0 saturated carbocycles. The largest absolute Gasteiger partial charge is 1.00 e. The molecule has 0 aromatic heterocycles. The third-order valence-electron chi connectivity index (χ3n) is 17.0. The minimum Gasteiger partial charge on any atom is -1.00 e. The summed E-state index contributed by atoms with van der Waals surface area (Å²) in [6, 6.07) is 44.7. The van der Waals surface area contributed by atoms with Crippen molar-refractivity contribution >= 4 is 46.7 Å². The summed E-state index contributed by atoms with van der Waals surface area (Å²) in [5, 5.41) is 14.6. The second-order valence-corrected chi connectivity index (χ2v) is 21.3. The maximum Gasteiger partial charge on any atom is 1.00 e. The Morgan fingerprint density at radius 3 is 0.620 bits per heavy atom. The van der Waals surface area contributed by atoms with Crippen LogP contribution in [0.5, 0.6) is 0 Å². The van der Waals surface area contributed by atoms with E-state index in [2.05, 4.69) is 240 Å². The predicted octanol–water partition coefficient (Wildman–Crippen LogP) is 22.7. The molecule has 0 atom stereocenters. The molecule has 0 N–H and O–H groups in total. The van der Waals surface area contributed by atoms with Crippen LogP contribution in [0.1, 0.15) is 212 Å². The molecule has 494 valence electrons. The molecule has 8 rings (SSSR count). The molecule has 0 radical (unpaired) electrons. The summed E-state index contributed by atoms with van der Waals surface area (Å²) >= 11 is 0. The molecule has 0 saturated heterocycles. The van der Waals surface area contributed by atoms with Crippen molar-refractivity contribution in [1.29, 1.82) is 10.5 Å². The minimum atomic E-state index is 0. The van der Waals surface area contributed by atoms with Crippen LogP contribution in [0.3, 0.4) is 0 Å². The van der Waals surface area contributed by atoms with Gasteiger partial charge in [-0.1, -0.05) is 159 Å². The van der Waals surface area contributed by atoms with Gasteiger partial charge in [-0.25, -0.2) is 0 Å². The van der Waals surface area contributed by atoms with Crippen molar-refractivity contribution in [3.8, 4) is 12.1 Å². The van der Waals surface area contributed by atoms with E-state index in [9.17, 15) is 4.79 Å². The van der Waals surface area contributed by atoms with Crippen LogP contribution in [-0.2, 0) is 11.2 Å². The number of carbonyl (C=O) groups excluding carboxylic acids is 2. The van der Waals surface area contributed by atoms with Crippen molar-refractivity contribution in [3.05, 3.63) is 244 Å². The van der Waals surface area contributed by atoms with Gasteiger partial charge in [-0.05, 0) is 293 Å². The standard InChI is InChI=1S/2C28H35N.C8H10.C7H6O.2C2H3N.C2H4O.4C2H6.Na.H/c2*1-16-18(3)22(7)27(23(8)19(16)4)29(26-14-12-11-13-15-26)28-24(9)20(5)17(2)21(6)25(28)10;1-2-8-6-4-3-5-7-8;8-6-7-4-2-1-3-5-7;3*1-2-3;4*1-2;;/h2*11-15H,1-10H3;3-7H,2H2,1H3;1-6H;2*1H3;2H,1H3;4*1-2H3;;/q;;;;;;;;;;;+1;-1. The molecule has 8 aromatic rings. The van der Waals surface area contributed by atoms with Crippen LogP contribution >= 0.6 is 0 Å². The van der Waals surface area contributed by atoms with E-state index in [0.717, 1.165) is 24.6 Å². The molecule has 0 amide bonds. The maximum absolute atomic E-state index is 10.0. The van der Waals surface area contributed by atoms with Crippen molar-refractivity contribution in [3.63, 3.8) is 0 Å². The number of anilines is 6. The Labute approximate surface area is 587 Å². The van der Waals surface area contributed by atoms with Gasteiger partial charge in [0.05, 0.1) is 34.9 Å². The predicted molar refractivity (Wildman–Crippen MR) is 405 cm³/mol. The minimum absolute atomic E-state index is 0. The molecular formula is C85H121N4NaO2. The zero-order chi connectivity index (χ0) is 71.0. The Bertz CT molecular complexity index is 3080. The fourth-order valence-corrected chi connectivity index (χ4v) is 10.4. The number of rotatable bonds is 8. The van der Waals surface area contributed by atoms with Gasteiger partial charge in [0.2, 0.25) is 0 Å². The van der Waals surface area contributed by atoms with Crippen LogP contribution in [-0.4, -0.2) is 12.6 Å². The van der Waals surface area contributed by atoms with Gasteiger partial charge in [-0.2, -0.15) is 10.5 Å². The number of carbonyl (C=O) groups is 2. The van der Waals surface area contributed by atoms with Gasteiger partial charge in [0.1, 0.15) is 12.6 Å². The number of hydrogen-bond acceptors (Lipinski definition) is 6. The second kappa shape index (κ2) is 49.3. The molecule has 0 unspecified atom stereocenters. The number of para-hydroxylation sites is 2. The van der Waals surface area contributed by atoms with Gasteiger partial charge in [-0.3, -0.25) is 4.79 Å². The van der Waals surface area contributed by atoms with Gasteiger partial charge in [-0.15, -0.1) is 0 Å². The molecule has 0 heterocycles. The first kappa shape index (κ1) is 91.1. The summed E-state index contributed by atoms with van der Waals surface area (Å²) < 4.78 is 0. The molecule has 0 aliphatic heterocycles. The molecule has 6 nitrogen and oxygen atoms in total. The molecule has 92 heavy (non-hydrogen) atoms. The quantitative estimate of drug-likeness (QED) is 0.111. The number of aldehydes is 2. The van der Waals surface area contributed by atoms with E-state index in [1.54, 1.807) is 24.3 Å². The van der Waals surface area contributed by atoms with Crippen LogP contribution in [0.4, 0.5) is 34.1 Å². The van der Waals surface area contributed by atoms with Gasteiger partial charge >= 0.3 is 29.6 Å². The number of hydrogen-bond donors (Lipinski definition) is 0. The first-order valence-electron chi connectivity index (χ1n) is 32.8. The Morgan fingerprint density at radius 2 is 0.478 bits per heavy atom. The fraction of sp³-hybridized carbons (Fsp3) is 0.388. The van der Waals surface area contributed by atoms with Crippen LogP contribution in [0, 0.1) is 161 Å². The summed E-state index contributed by atoms with van der Waals surface area (Å²) in [5.41, 5.74) is 37.5. The zero-order valence-electron chi connectivity index (χ0n) is 65.0. The first-order valence-corrected chi connectivity index (χ1v) is 32.8. The van der Waals surface area contributed by atoms with Crippen LogP contribution in [0.25, 0.3) is 0 Å². The SMILES string of the molecule is CC.CC.CC.CC.CC#N.CC#N.CC=O.CCc1ccccc1.Cc1c(C)c(C)c(N(c2ccccc2)c2c(C)c(C)c(C)c(C)c2C)c(C)c1C.Cc1c(C)c(C)c(N(c2ccccc2)c2c(C)c(C)c(C)c(C)c2C)c(C)c1C.O=Cc1ccccc1.[H-].[Na+]. The van der Waals surface area contributed by atoms with Gasteiger partial charge in [0.15, 0.2) is 0 Å². The number of benzene rings is 8. The third kappa shape index (κ3) is 25.0. The molecule has 7 heteroatoms. The monoisotopic (exact) mass is 1250 g/mol. The number of nitriles is 2. The summed E-state index contributed by atoms with van der Waals surface area (Å²) in [7, 11) is 0. The number of nitrogens with zero attached hydrogens (tertiary/aromatic N) is 4. The fourth-order valence-electron chi connectivity index (χ4n) is 10.4. The summed E-state index contributed by atoms with van der Waals surface area (Å²) in [5.74, 6) is 0. The topological polar surface area (TPSA) is 88.2 Å². The van der Waals surface area contributed by atoms with Crippen molar-refractivity contribution in [2.75, 3.05) is 9.80 Å². The molecule has 0 aliphatic carbocycles. The van der Waals surface area contributed by atoms with E-state index in [4.69, 9.17) is 15.3 Å².